The number of hydrogen-bond acceptors (Lipinski definition) is 7. The van der Waals surface area contributed by atoms with Gasteiger partial charge in [-0.3, -0.25) is 0 Å². The summed E-state index contributed by atoms with van der Waals surface area (Å²) in [4.78, 5) is 5.57. The van der Waals surface area contributed by atoms with Gasteiger partial charge in [0.2, 0.25) is 5.96 Å². The van der Waals surface area contributed by atoms with Gasteiger partial charge in [-0.1, -0.05) is 30.3 Å². The maximum absolute atomic E-state index is 11.6. The van der Waals surface area contributed by atoms with Gasteiger partial charge in [-0.15, -0.1) is 0 Å². The van der Waals surface area contributed by atoms with E-state index in [9.17, 15) is 10.4 Å². The Hall–Kier alpha value is -3.32. The lowest BCUT2D eigenvalue weighted by molar-refractivity contribution is -0.257. The van der Waals surface area contributed by atoms with Crippen molar-refractivity contribution in [3.05, 3.63) is 59.7 Å². The largest absolute Gasteiger partial charge is 0.479 e. The van der Waals surface area contributed by atoms with E-state index < -0.39 is 24.0 Å². The van der Waals surface area contributed by atoms with Gasteiger partial charge in [-0.25, -0.2) is 9.89 Å². The van der Waals surface area contributed by atoms with Crippen LogP contribution in [-0.2, 0) is 16.0 Å². The molecule has 1 heterocycles. The number of aliphatic imine (C=N–C) groups is 1. The molecule has 9 nitrogen and oxygen atoms in total. The van der Waals surface area contributed by atoms with Crippen LogP contribution in [0.15, 0.2) is 53.5 Å². The van der Waals surface area contributed by atoms with Crippen LogP contribution in [0.5, 0.6) is 5.75 Å². The van der Waals surface area contributed by atoms with Gasteiger partial charge >= 0.3 is 0 Å². The Morgan fingerprint density at radius 1 is 1.24 bits per heavy atom. The summed E-state index contributed by atoms with van der Waals surface area (Å²) in [5.74, 6) is 0.412. The molecule has 0 fully saturated rings. The Labute approximate surface area is 194 Å². The van der Waals surface area contributed by atoms with E-state index in [1.165, 1.54) is 4.90 Å². The average Bonchev–Trinajstić information content (AvgIpc) is 2.81. The van der Waals surface area contributed by atoms with E-state index in [1.807, 2.05) is 44.2 Å². The van der Waals surface area contributed by atoms with E-state index in [0.29, 0.717) is 30.2 Å². The zero-order valence-corrected chi connectivity index (χ0v) is 19.1. The maximum atomic E-state index is 11.6. The number of nitrogens with zero attached hydrogens (tertiary/aromatic N) is 3. The molecule has 2 aromatic rings. The summed E-state index contributed by atoms with van der Waals surface area (Å²) >= 11 is 0. The lowest BCUT2D eigenvalue weighted by Crippen LogP contribution is -2.63. The quantitative estimate of drug-likeness (QED) is 0.138. The third kappa shape index (κ3) is 5.03. The number of rotatable bonds is 8. The minimum atomic E-state index is -1.34. The fraction of sp³-hybridized carbons (Fsp3) is 0.417. The Morgan fingerprint density at radius 2 is 1.91 bits per heavy atom. The second kappa shape index (κ2) is 10.5. The van der Waals surface area contributed by atoms with Gasteiger partial charge in [-0.2, -0.15) is 5.26 Å². The molecule has 3 atom stereocenters. The average molecular weight is 454 g/mol. The molecule has 176 valence electrons. The van der Waals surface area contributed by atoms with Crippen LogP contribution >= 0.6 is 0 Å². The zero-order valence-electron chi connectivity index (χ0n) is 19.1. The number of fused-ring (bicyclic) bond motifs is 1. The summed E-state index contributed by atoms with van der Waals surface area (Å²) in [5.41, 5.74) is 12.8. The first-order chi connectivity index (χ1) is 15.8. The standard InChI is InChI=1S/C24H31N5O4/c1-4-31-22(32-5-2)24(3)21(30)20(18-13-17(26)11-12-19(18)33-24)29(15-25)23(27)28-14-16-9-7-6-8-10-16/h6-13,20-22,30H,4-5,14,26H2,1-3H3,(H2,27,28). The van der Waals surface area contributed by atoms with Crippen molar-refractivity contribution in [2.24, 2.45) is 10.7 Å². The summed E-state index contributed by atoms with van der Waals surface area (Å²) < 4.78 is 17.7. The summed E-state index contributed by atoms with van der Waals surface area (Å²) in [6.45, 7) is 6.31. The van der Waals surface area contributed by atoms with E-state index in [-0.39, 0.29) is 12.5 Å². The molecule has 0 aliphatic carbocycles. The van der Waals surface area contributed by atoms with Crippen LogP contribution in [0.4, 0.5) is 5.69 Å². The monoisotopic (exact) mass is 453 g/mol. The van der Waals surface area contributed by atoms with Crippen molar-refractivity contribution >= 4 is 11.6 Å². The summed E-state index contributed by atoms with van der Waals surface area (Å²) in [6, 6.07) is 13.7. The predicted octanol–water partition coefficient (Wildman–Crippen LogP) is 2.52. The highest BCUT2D eigenvalue weighted by atomic mass is 16.7. The third-order valence-electron chi connectivity index (χ3n) is 5.57. The van der Waals surface area contributed by atoms with Crippen LogP contribution in [0.1, 0.15) is 37.9 Å². The highest BCUT2D eigenvalue weighted by molar-refractivity contribution is 5.80. The highest BCUT2D eigenvalue weighted by Gasteiger charge is 2.54. The van der Waals surface area contributed by atoms with Crippen LogP contribution in [0, 0.1) is 11.5 Å². The molecule has 0 saturated heterocycles. The second-order valence-electron chi connectivity index (χ2n) is 7.85. The predicted molar refractivity (Wildman–Crippen MR) is 125 cm³/mol. The van der Waals surface area contributed by atoms with Crippen molar-refractivity contribution in [1.82, 2.24) is 4.90 Å². The lowest BCUT2D eigenvalue weighted by atomic mass is 9.83. The Kier molecular flexibility index (Phi) is 7.76. The number of hydrogen-bond donors (Lipinski definition) is 3. The van der Waals surface area contributed by atoms with E-state index in [2.05, 4.69) is 11.2 Å². The highest BCUT2D eigenvalue weighted by Crippen LogP contribution is 2.45. The minimum Gasteiger partial charge on any atom is -0.479 e. The molecule has 9 heteroatoms. The molecule has 3 unspecified atom stereocenters. The molecule has 1 aliphatic rings. The minimum absolute atomic E-state index is 0.0348. The molecule has 0 radical (unpaired) electrons. The van der Waals surface area contributed by atoms with E-state index in [4.69, 9.17) is 25.7 Å². The number of benzene rings is 2. The molecule has 0 saturated carbocycles. The third-order valence-corrected chi connectivity index (χ3v) is 5.57. The molecule has 3 rings (SSSR count). The number of aliphatic hydroxyl groups excluding tert-OH is 1. The van der Waals surface area contributed by atoms with Gasteiger partial charge in [0.25, 0.3) is 0 Å². The smallest absolute Gasteiger partial charge is 0.205 e. The van der Waals surface area contributed by atoms with Gasteiger partial charge in [-0.05, 0) is 44.5 Å². The van der Waals surface area contributed by atoms with Crippen molar-refractivity contribution in [1.29, 1.82) is 5.26 Å². The normalized spacial score (nSPS) is 22.4. The number of anilines is 1. The van der Waals surface area contributed by atoms with Gasteiger partial charge in [0.1, 0.15) is 17.9 Å². The van der Waals surface area contributed by atoms with Crippen LogP contribution < -0.4 is 16.2 Å². The van der Waals surface area contributed by atoms with Crippen LogP contribution in [0.3, 0.4) is 0 Å². The fourth-order valence-corrected chi connectivity index (χ4v) is 3.91. The maximum Gasteiger partial charge on any atom is 0.205 e. The molecule has 2 aromatic carbocycles. The summed E-state index contributed by atoms with van der Waals surface area (Å²) in [6.07, 6.45) is -0.0751. The molecule has 0 spiro atoms. The Balaban J connectivity index is 2.04. The molecular formula is C24H31N5O4. The molecule has 0 aromatic heterocycles. The first-order valence-corrected chi connectivity index (χ1v) is 10.9. The topological polar surface area (TPSA) is 139 Å². The van der Waals surface area contributed by atoms with Crippen LogP contribution in [0.2, 0.25) is 0 Å². The first kappa shape index (κ1) is 24.3. The van der Waals surface area contributed by atoms with Crippen LogP contribution in [-0.4, -0.2) is 47.2 Å². The van der Waals surface area contributed by atoms with Crippen molar-refractivity contribution in [3.63, 3.8) is 0 Å². The molecule has 0 bridgehead atoms. The fourth-order valence-electron chi connectivity index (χ4n) is 3.91. The Morgan fingerprint density at radius 3 is 2.52 bits per heavy atom. The molecule has 5 N–H and O–H groups in total. The second-order valence-corrected chi connectivity index (χ2v) is 7.85. The molecule has 0 amide bonds. The molecule has 1 aliphatic heterocycles. The van der Waals surface area contributed by atoms with Gasteiger partial charge < -0.3 is 30.8 Å². The first-order valence-electron chi connectivity index (χ1n) is 10.9. The van der Waals surface area contributed by atoms with Crippen LogP contribution in [0.25, 0.3) is 0 Å². The number of nitrogens with two attached hydrogens (primary N) is 2. The lowest BCUT2D eigenvalue weighted by Gasteiger charge is -2.48. The molecular weight excluding hydrogens is 422 g/mol. The SMILES string of the molecule is CCOC(OCC)C1(C)Oc2ccc(N)cc2C(N(C#N)C(N)=NCc2ccccc2)C1O. The number of nitriles is 1. The molecule has 33 heavy (non-hydrogen) atoms. The van der Waals surface area contributed by atoms with Gasteiger partial charge in [0.15, 0.2) is 18.1 Å². The zero-order chi connectivity index (χ0) is 24.0. The van der Waals surface area contributed by atoms with Crippen molar-refractivity contribution in [2.45, 2.75) is 51.4 Å². The van der Waals surface area contributed by atoms with E-state index in [0.717, 1.165) is 5.56 Å². The number of aliphatic hydroxyl groups is 1. The van der Waals surface area contributed by atoms with Crippen molar-refractivity contribution < 1.29 is 19.3 Å². The number of guanidine groups is 1. The van der Waals surface area contributed by atoms with E-state index >= 15 is 0 Å². The van der Waals surface area contributed by atoms with Gasteiger partial charge in [0.05, 0.1) is 6.54 Å². The van der Waals surface area contributed by atoms with Crippen molar-refractivity contribution in [2.75, 3.05) is 18.9 Å². The summed E-state index contributed by atoms with van der Waals surface area (Å²) in [5, 5.41) is 21.6. The van der Waals surface area contributed by atoms with E-state index in [1.54, 1.807) is 25.1 Å². The number of nitrogen functional groups attached to an aromatic ring is 1. The summed E-state index contributed by atoms with van der Waals surface area (Å²) in [7, 11) is 0. The van der Waals surface area contributed by atoms with Gasteiger partial charge in [0, 0.05) is 24.5 Å². The Bertz CT molecular complexity index is 1000. The number of ether oxygens (including phenoxy) is 3. The van der Waals surface area contributed by atoms with Crippen molar-refractivity contribution in [3.8, 4) is 11.9 Å².